The van der Waals surface area contributed by atoms with E-state index >= 15 is 0 Å². The van der Waals surface area contributed by atoms with Crippen molar-refractivity contribution in [3.63, 3.8) is 0 Å². The molecule has 0 radical (unpaired) electrons. The summed E-state index contributed by atoms with van der Waals surface area (Å²) in [6.07, 6.45) is 3.48. The molecule has 7 heteroatoms. The third kappa shape index (κ3) is 2.37. The van der Waals surface area contributed by atoms with Crippen molar-refractivity contribution in [3.05, 3.63) is 35.7 Å². The predicted octanol–water partition coefficient (Wildman–Crippen LogP) is 2.12. The van der Waals surface area contributed by atoms with Gasteiger partial charge in [0.1, 0.15) is 12.1 Å². The molecule has 22 heavy (non-hydrogen) atoms. The van der Waals surface area contributed by atoms with E-state index in [9.17, 15) is 0 Å². The van der Waals surface area contributed by atoms with Crippen LogP contribution >= 0.6 is 11.3 Å². The number of hydrogen-bond donors (Lipinski definition) is 0. The number of piperazine rings is 1. The Bertz CT molecular complexity index is 793. The van der Waals surface area contributed by atoms with Gasteiger partial charge < -0.3 is 9.80 Å². The molecule has 3 aromatic rings. The van der Waals surface area contributed by atoms with Gasteiger partial charge in [-0.15, -0.1) is 11.3 Å². The third-order valence-corrected chi connectivity index (χ3v) is 4.77. The number of fused-ring (bicyclic) bond motifs is 1. The van der Waals surface area contributed by atoms with Crippen molar-refractivity contribution in [2.24, 2.45) is 0 Å². The molecule has 0 aromatic carbocycles. The predicted molar refractivity (Wildman–Crippen MR) is 88.6 cm³/mol. The van der Waals surface area contributed by atoms with E-state index in [4.69, 9.17) is 0 Å². The highest BCUT2D eigenvalue weighted by Crippen LogP contribution is 2.28. The van der Waals surface area contributed by atoms with E-state index in [0.717, 1.165) is 49.2 Å². The lowest BCUT2D eigenvalue weighted by Gasteiger charge is -2.35. The quantitative estimate of drug-likeness (QED) is 0.722. The minimum absolute atomic E-state index is 0.823. The molecule has 0 amide bonds. The van der Waals surface area contributed by atoms with Crippen molar-refractivity contribution < 1.29 is 0 Å². The Morgan fingerprint density at radius 2 is 1.82 bits per heavy atom. The van der Waals surface area contributed by atoms with Crippen LogP contribution in [-0.2, 0) is 0 Å². The summed E-state index contributed by atoms with van der Waals surface area (Å²) in [5.74, 6) is 1.87. The maximum absolute atomic E-state index is 4.51. The normalized spacial score (nSPS) is 15.5. The van der Waals surface area contributed by atoms with Gasteiger partial charge in [-0.1, -0.05) is 0 Å². The fourth-order valence-electron chi connectivity index (χ4n) is 2.71. The summed E-state index contributed by atoms with van der Waals surface area (Å²) >= 11 is 1.70. The van der Waals surface area contributed by atoms with E-state index in [-0.39, 0.29) is 0 Å². The first-order valence-corrected chi connectivity index (χ1v) is 8.17. The first-order chi connectivity index (χ1) is 10.8. The smallest absolute Gasteiger partial charge is 0.225 e. The highest BCUT2D eigenvalue weighted by Gasteiger charge is 2.21. The molecule has 0 spiro atoms. The lowest BCUT2D eigenvalue weighted by Crippen LogP contribution is -2.47. The molecular weight excluding hydrogens is 296 g/mol. The van der Waals surface area contributed by atoms with Crippen LogP contribution in [0, 0.1) is 6.92 Å². The van der Waals surface area contributed by atoms with Crippen LogP contribution in [0.15, 0.2) is 30.0 Å². The van der Waals surface area contributed by atoms with Crippen molar-refractivity contribution in [1.29, 1.82) is 0 Å². The number of thiophene rings is 1. The van der Waals surface area contributed by atoms with Gasteiger partial charge in [-0.2, -0.15) is 0 Å². The fourth-order valence-corrected chi connectivity index (χ4v) is 3.57. The van der Waals surface area contributed by atoms with Crippen LogP contribution in [0.1, 0.15) is 5.69 Å². The zero-order valence-corrected chi connectivity index (χ0v) is 13.1. The van der Waals surface area contributed by atoms with Crippen LogP contribution in [0.3, 0.4) is 0 Å². The van der Waals surface area contributed by atoms with Gasteiger partial charge >= 0.3 is 0 Å². The summed E-state index contributed by atoms with van der Waals surface area (Å²) < 4.78 is 1.17. The molecule has 0 saturated carbocycles. The second-order valence-corrected chi connectivity index (χ2v) is 6.22. The Hall–Kier alpha value is -2.28. The standard InChI is InChI=1S/C15H16N6S/c1-11-2-4-16-15(19-11)21-7-5-20(6-8-21)14-13-12(3-9-22-13)17-10-18-14/h2-4,9-10H,5-8H2,1H3. The lowest BCUT2D eigenvalue weighted by molar-refractivity contribution is 0.635. The second kappa shape index (κ2) is 5.49. The summed E-state index contributed by atoms with van der Waals surface area (Å²) in [4.78, 5) is 22.2. The molecule has 0 aliphatic carbocycles. The van der Waals surface area contributed by atoms with Gasteiger partial charge in [0.25, 0.3) is 0 Å². The van der Waals surface area contributed by atoms with Crippen molar-refractivity contribution in [1.82, 2.24) is 19.9 Å². The topological polar surface area (TPSA) is 58.0 Å². The SMILES string of the molecule is Cc1ccnc(N2CCN(c3ncnc4ccsc34)CC2)n1. The number of hydrogen-bond acceptors (Lipinski definition) is 7. The molecule has 6 nitrogen and oxygen atoms in total. The molecule has 3 aromatic heterocycles. The maximum atomic E-state index is 4.51. The molecule has 0 unspecified atom stereocenters. The minimum Gasteiger partial charge on any atom is -0.352 e. The van der Waals surface area contributed by atoms with E-state index in [1.54, 1.807) is 17.7 Å². The van der Waals surface area contributed by atoms with E-state index < -0.39 is 0 Å². The summed E-state index contributed by atoms with van der Waals surface area (Å²) in [5.41, 5.74) is 2.03. The Kier molecular flexibility index (Phi) is 3.34. The van der Waals surface area contributed by atoms with Gasteiger partial charge in [0.15, 0.2) is 0 Å². The van der Waals surface area contributed by atoms with Crippen molar-refractivity contribution in [2.45, 2.75) is 6.92 Å². The molecule has 1 aliphatic heterocycles. The van der Waals surface area contributed by atoms with E-state index in [1.165, 1.54) is 4.70 Å². The lowest BCUT2D eigenvalue weighted by atomic mass is 10.3. The summed E-state index contributed by atoms with van der Waals surface area (Å²) in [6.45, 7) is 5.64. The molecule has 1 aliphatic rings. The Balaban J connectivity index is 1.53. The van der Waals surface area contributed by atoms with Gasteiger partial charge in [0.2, 0.25) is 5.95 Å². The zero-order chi connectivity index (χ0) is 14.9. The number of aromatic nitrogens is 4. The molecule has 112 valence electrons. The molecule has 1 saturated heterocycles. The van der Waals surface area contributed by atoms with Crippen LogP contribution in [0.5, 0.6) is 0 Å². The highest BCUT2D eigenvalue weighted by atomic mass is 32.1. The molecule has 1 fully saturated rings. The zero-order valence-electron chi connectivity index (χ0n) is 12.3. The second-order valence-electron chi connectivity index (χ2n) is 5.30. The van der Waals surface area contributed by atoms with Crippen LogP contribution in [0.2, 0.25) is 0 Å². The van der Waals surface area contributed by atoms with E-state index in [0.29, 0.717) is 0 Å². The maximum Gasteiger partial charge on any atom is 0.225 e. The Morgan fingerprint density at radius 3 is 2.64 bits per heavy atom. The van der Waals surface area contributed by atoms with Crippen molar-refractivity contribution in [3.8, 4) is 0 Å². The number of aryl methyl sites for hydroxylation is 1. The van der Waals surface area contributed by atoms with Crippen LogP contribution < -0.4 is 9.80 Å². The molecule has 0 bridgehead atoms. The number of nitrogens with zero attached hydrogens (tertiary/aromatic N) is 6. The van der Waals surface area contributed by atoms with Crippen molar-refractivity contribution in [2.75, 3.05) is 36.0 Å². The summed E-state index contributed by atoms with van der Waals surface area (Å²) in [7, 11) is 0. The van der Waals surface area contributed by atoms with Crippen LogP contribution in [0.4, 0.5) is 11.8 Å². The van der Waals surface area contributed by atoms with Gasteiger partial charge in [-0.05, 0) is 24.4 Å². The molecule has 4 rings (SSSR count). The van der Waals surface area contributed by atoms with Gasteiger partial charge in [0.05, 0.1) is 10.2 Å². The largest absolute Gasteiger partial charge is 0.352 e. The molecule has 4 heterocycles. The Morgan fingerprint density at radius 1 is 1.00 bits per heavy atom. The van der Waals surface area contributed by atoms with E-state index in [2.05, 4.69) is 35.1 Å². The molecular formula is C15H16N6S. The molecule has 0 N–H and O–H groups in total. The first kappa shape index (κ1) is 13.4. The number of rotatable bonds is 2. The summed E-state index contributed by atoms with van der Waals surface area (Å²) in [6, 6.07) is 3.97. The monoisotopic (exact) mass is 312 g/mol. The third-order valence-electron chi connectivity index (χ3n) is 3.87. The van der Waals surface area contributed by atoms with Crippen molar-refractivity contribution >= 4 is 33.3 Å². The average Bonchev–Trinajstić information content (AvgIpc) is 3.04. The first-order valence-electron chi connectivity index (χ1n) is 7.29. The Labute approximate surface area is 132 Å². The fraction of sp³-hybridized carbons (Fsp3) is 0.333. The van der Waals surface area contributed by atoms with Gasteiger partial charge in [0, 0.05) is 38.1 Å². The van der Waals surface area contributed by atoms with Crippen LogP contribution in [-0.4, -0.2) is 46.1 Å². The highest BCUT2D eigenvalue weighted by molar-refractivity contribution is 7.17. The van der Waals surface area contributed by atoms with Gasteiger partial charge in [-0.3, -0.25) is 0 Å². The van der Waals surface area contributed by atoms with Gasteiger partial charge in [-0.25, -0.2) is 19.9 Å². The van der Waals surface area contributed by atoms with Crippen LogP contribution in [0.25, 0.3) is 10.2 Å². The molecule has 0 atom stereocenters. The van der Waals surface area contributed by atoms with E-state index in [1.807, 2.05) is 25.3 Å². The average molecular weight is 312 g/mol. The number of anilines is 2. The summed E-state index contributed by atoms with van der Waals surface area (Å²) in [5, 5.41) is 2.07. The minimum atomic E-state index is 0.823.